The van der Waals surface area contributed by atoms with Crippen LogP contribution in [0.3, 0.4) is 0 Å². The van der Waals surface area contributed by atoms with Gasteiger partial charge in [-0.1, -0.05) is 82.2 Å². The fourth-order valence-corrected chi connectivity index (χ4v) is 3.44. The van der Waals surface area contributed by atoms with Crippen molar-refractivity contribution in [2.45, 2.75) is 71.4 Å². The van der Waals surface area contributed by atoms with Gasteiger partial charge in [0.2, 0.25) is 0 Å². The Hall–Kier alpha value is -1.44. The third-order valence-corrected chi connectivity index (χ3v) is 4.81. The Bertz CT molecular complexity index is 440. The third-order valence-electron chi connectivity index (χ3n) is 4.81. The van der Waals surface area contributed by atoms with Crippen LogP contribution in [-0.2, 0) is 0 Å². The lowest BCUT2D eigenvalue weighted by molar-refractivity contribution is 0.157. The van der Waals surface area contributed by atoms with E-state index in [1.165, 1.54) is 63.5 Å². The molecule has 0 spiro atoms. The summed E-state index contributed by atoms with van der Waals surface area (Å²) in [6, 6.07) is 10.9. The third kappa shape index (κ3) is 5.60. The summed E-state index contributed by atoms with van der Waals surface area (Å²) in [6.07, 6.45) is 16.0. The predicted octanol–water partition coefficient (Wildman–Crippen LogP) is 5.93. The van der Waals surface area contributed by atoms with Crippen LogP contribution in [0.4, 0.5) is 0 Å². The Kier molecular flexibility index (Phi) is 8.06. The van der Waals surface area contributed by atoms with E-state index in [4.69, 9.17) is 0 Å². The average molecular weight is 315 g/mol. The molecule has 1 heterocycles. The van der Waals surface area contributed by atoms with E-state index in [2.05, 4.69) is 66.4 Å². The maximum absolute atomic E-state index is 2.51. The Labute approximate surface area is 143 Å². The number of nitrogens with zero attached hydrogens (tertiary/aromatic N) is 2. The van der Waals surface area contributed by atoms with E-state index in [0.29, 0.717) is 6.17 Å². The second-order valence-electron chi connectivity index (χ2n) is 6.63. The standard InChI is InChI=1S/C21H34N2/c1-3-5-6-7-8-9-10-14-17-23-19-18-22(4-2)21(23)20-15-12-11-13-16-20/h11-13,15-16,18-19,21H,3-10,14,17H2,1-2H3. The highest BCUT2D eigenvalue weighted by atomic mass is 15.4. The quantitative estimate of drug-likeness (QED) is 0.467. The van der Waals surface area contributed by atoms with Crippen LogP contribution in [0.25, 0.3) is 0 Å². The largest absolute Gasteiger partial charge is 0.353 e. The van der Waals surface area contributed by atoms with Gasteiger partial charge in [-0.15, -0.1) is 0 Å². The molecule has 1 aliphatic rings. The molecule has 0 saturated heterocycles. The summed E-state index contributed by atoms with van der Waals surface area (Å²) in [5.74, 6) is 0. The van der Waals surface area contributed by atoms with Crippen LogP contribution in [0.1, 0.15) is 76.9 Å². The first-order valence-electron chi connectivity index (χ1n) is 9.61. The summed E-state index contributed by atoms with van der Waals surface area (Å²) >= 11 is 0. The van der Waals surface area contributed by atoms with Crippen LogP contribution >= 0.6 is 0 Å². The van der Waals surface area contributed by atoms with Crippen LogP contribution in [0, 0.1) is 0 Å². The van der Waals surface area contributed by atoms with Crippen molar-refractivity contribution in [3.8, 4) is 0 Å². The van der Waals surface area contributed by atoms with Crippen molar-refractivity contribution >= 4 is 0 Å². The van der Waals surface area contributed by atoms with Gasteiger partial charge < -0.3 is 9.80 Å². The Morgan fingerprint density at radius 3 is 2.00 bits per heavy atom. The van der Waals surface area contributed by atoms with Crippen LogP contribution in [0.2, 0.25) is 0 Å². The molecule has 1 atom stereocenters. The normalized spacial score (nSPS) is 17.2. The minimum Gasteiger partial charge on any atom is -0.353 e. The molecule has 128 valence electrons. The zero-order chi connectivity index (χ0) is 16.3. The molecule has 0 radical (unpaired) electrons. The molecule has 2 rings (SSSR count). The highest BCUT2D eigenvalue weighted by Gasteiger charge is 2.25. The zero-order valence-corrected chi connectivity index (χ0v) is 15.1. The Morgan fingerprint density at radius 1 is 0.739 bits per heavy atom. The summed E-state index contributed by atoms with van der Waals surface area (Å²) < 4.78 is 0. The van der Waals surface area contributed by atoms with Gasteiger partial charge in [-0.3, -0.25) is 0 Å². The molecule has 1 unspecified atom stereocenters. The number of unbranched alkanes of at least 4 members (excludes halogenated alkanes) is 7. The Balaban J connectivity index is 1.72. The van der Waals surface area contributed by atoms with E-state index in [0.717, 1.165) is 6.54 Å². The van der Waals surface area contributed by atoms with Crippen molar-refractivity contribution in [2.75, 3.05) is 13.1 Å². The van der Waals surface area contributed by atoms with Crippen LogP contribution in [-0.4, -0.2) is 22.9 Å². The smallest absolute Gasteiger partial charge is 0.127 e. The van der Waals surface area contributed by atoms with Crippen molar-refractivity contribution in [3.63, 3.8) is 0 Å². The van der Waals surface area contributed by atoms with Crippen molar-refractivity contribution < 1.29 is 0 Å². The maximum atomic E-state index is 2.51. The minimum absolute atomic E-state index is 0.394. The van der Waals surface area contributed by atoms with Gasteiger partial charge in [0.25, 0.3) is 0 Å². The first-order valence-corrected chi connectivity index (χ1v) is 9.61. The van der Waals surface area contributed by atoms with E-state index >= 15 is 0 Å². The summed E-state index contributed by atoms with van der Waals surface area (Å²) in [7, 11) is 0. The van der Waals surface area contributed by atoms with E-state index in [9.17, 15) is 0 Å². The van der Waals surface area contributed by atoms with Crippen molar-refractivity contribution in [1.82, 2.24) is 9.80 Å². The van der Waals surface area contributed by atoms with E-state index in [1.807, 2.05) is 0 Å². The predicted molar refractivity (Wildman–Crippen MR) is 100 cm³/mol. The number of hydrogen-bond acceptors (Lipinski definition) is 2. The SMILES string of the molecule is CCCCCCCCCCN1C=CN(CC)C1c1ccccc1. The molecule has 0 fully saturated rings. The van der Waals surface area contributed by atoms with Crippen LogP contribution in [0.5, 0.6) is 0 Å². The molecule has 0 amide bonds. The van der Waals surface area contributed by atoms with Gasteiger partial charge in [-0.05, 0) is 18.9 Å². The molecule has 1 aromatic carbocycles. The molecule has 0 N–H and O–H groups in total. The average Bonchev–Trinajstić information content (AvgIpc) is 3.01. The summed E-state index contributed by atoms with van der Waals surface area (Å²) in [6.45, 7) is 6.75. The molecule has 0 aromatic heterocycles. The first-order chi connectivity index (χ1) is 11.4. The molecule has 2 heteroatoms. The van der Waals surface area contributed by atoms with Gasteiger partial charge in [0.05, 0.1) is 0 Å². The number of hydrogen-bond donors (Lipinski definition) is 0. The minimum atomic E-state index is 0.394. The maximum Gasteiger partial charge on any atom is 0.127 e. The van der Waals surface area contributed by atoms with Gasteiger partial charge in [-0.25, -0.2) is 0 Å². The lowest BCUT2D eigenvalue weighted by Gasteiger charge is -2.32. The second-order valence-corrected chi connectivity index (χ2v) is 6.63. The zero-order valence-electron chi connectivity index (χ0n) is 15.1. The topological polar surface area (TPSA) is 6.48 Å². The first kappa shape index (κ1) is 17.9. The fraction of sp³-hybridized carbons (Fsp3) is 0.619. The highest BCUT2D eigenvalue weighted by molar-refractivity contribution is 5.21. The van der Waals surface area contributed by atoms with E-state index in [-0.39, 0.29) is 0 Å². The number of rotatable bonds is 11. The molecule has 0 aliphatic carbocycles. The molecule has 0 bridgehead atoms. The second kappa shape index (κ2) is 10.4. The molecular weight excluding hydrogens is 280 g/mol. The Morgan fingerprint density at radius 2 is 1.35 bits per heavy atom. The van der Waals surface area contributed by atoms with Gasteiger partial charge in [0.15, 0.2) is 0 Å². The molecule has 1 aromatic rings. The van der Waals surface area contributed by atoms with Gasteiger partial charge in [0.1, 0.15) is 6.17 Å². The fourth-order valence-electron chi connectivity index (χ4n) is 3.44. The van der Waals surface area contributed by atoms with Gasteiger partial charge >= 0.3 is 0 Å². The van der Waals surface area contributed by atoms with E-state index < -0.39 is 0 Å². The van der Waals surface area contributed by atoms with Crippen LogP contribution < -0.4 is 0 Å². The van der Waals surface area contributed by atoms with Gasteiger partial charge in [0, 0.05) is 25.5 Å². The summed E-state index contributed by atoms with van der Waals surface area (Å²) in [5, 5.41) is 0. The molecule has 1 aliphatic heterocycles. The lowest BCUT2D eigenvalue weighted by atomic mass is 10.1. The lowest BCUT2D eigenvalue weighted by Crippen LogP contribution is -2.31. The molecule has 2 nitrogen and oxygen atoms in total. The summed E-state index contributed by atoms with van der Waals surface area (Å²) in [5.41, 5.74) is 1.40. The molecule has 0 saturated carbocycles. The monoisotopic (exact) mass is 314 g/mol. The van der Waals surface area contributed by atoms with Crippen LogP contribution in [0.15, 0.2) is 42.7 Å². The van der Waals surface area contributed by atoms with Gasteiger partial charge in [-0.2, -0.15) is 0 Å². The molecular formula is C21H34N2. The van der Waals surface area contributed by atoms with Crippen molar-refractivity contribution in [2.24, 2.45) is 0 Å². The number of benzene rings is 1. The molecule has 23 heavy (non-hydrogen) atoms. The van der Waals surface area contributed by atoms with E-state index in [1.54, 1.807) is 0 Å². The van der Waals surface area contributed by atoms with Crippen molar-refractivity contribution in [3.05, 3.63) is 48.3 Å². The summed E-state index contributed by atoms with van der Waals surface area (Å²) in [4.78, 5) is 4.94. The highest BCUT2D eigenvalue weighted by Crippen LogP contribution is 2.30. The van der Waals surface area contributed by atoms with Crippen molar-refractivity contribution in [1.29, 1.82) is 0 Å².